The van der Waals surface area contributed by atoms with Crippen molar-refractivity contribution in [1.29, 1.82) is 0 Å². The Labute approximate surface area is 184 Å². The van der Waals surface area contributed by atoms with E-state index in [2.05, 4.69) is 15.6 Å². The van der Waals surface area contributed by atoms with Crippen molar-refractivity contribution in [3.05, 3.63) is 69.7 Å². The van der Waals surface area contributed by atoms with Crippen LogP contribution in [0.5, 0.6) is 11.5 Å². The number of nitrogens with one attached hydrogen (secondary N) is 2. The van der Waals surface area contributed by atoms with Gasteiger partial charge in [-0.25, -0.2) is 4.98 Å². The first-order chi connectivity index (χ1) is 14.8. The molecule has 0 saturated carbocycles. The van der Waals surface area contributed by atoms with Gasteiger partial charge in [0, 0.05) is 12.0 Å². The topological polar surface area (TPSA) is 89.6 Å². The molecule has 8 heteroatoms. The van der Waals surface area contributed by atoms with Crippen LogP contribution in [0, 0.1) is 0 Å². The lowest BCUT2D eigenvalue weighted by Crippen LogP contribution is -2.24. The number of thiazole rings is 1. The second kappa shape index (κ2) is 8.39. The number of ether oxygens (including phenoxy) is 2. The number of benzene rings is 2. The maximum Gasteiger partial charge on any atom is 0.267 e. The van der Waals surface area contributed by atoms with Crippen molar-refractivity contribution in [3.63, 3.8) is 0 Å². The Kier molecular flexibility index (Phi) is 5.65. The molecule has 2 amide bonds. The first-order valence-electron chi connectivity index (χ1n) is 9.85. The highest BCUT2D eigenvalue weighted by Gasteiger charge is 2.21. The summed E-state index contributed by atoms with van der Waals surface area (Å²) in [6, 6.07) is 12.5. The molecule has 4 rings (SSSR count). The second-order valence-electron chi connectivity index (χ2n) is 8.15. The number of amides is 2. The third-order valence-electron chi connectivity index (χ3n) is 4.68. The average molecular weight is 438 g/mol. The van der Waals surface area contributed by atoms with Gasteiger partial charge in [0.25, 0.3) is 11.8 Å². The summed E-state index contributed by atoms with van der Waals surface area (Å²) in [6.45, 7) is 6.67. The van der Waals surface area contributed by atoms with Crippen LogP contribution in [0.15, 0.2) is 48.7 Å². The van der Waals surface area contributed by atoms with E-state index < -0.39 is 0 Å². The molecule has 0 saturated heterocycles. The highest BCUT2D eigenvalue weighted by atomic mass is 32.1. The molecule has 2 heterocycles. The van der Waals surface area contributed by atoms with Gasteiger partial charge in [-0.15, -0.1) is 11.3 Å². The van der Waals surface area contributed by atoms with Gasteiger partial charge < -0.3 is 20.1 Å². The maximum absolute atomic E-state index is 12.8. The highest BCUT2D eigenvalue weighted by molar-refractivity contribution is 7.13. The molecule has 0 aliphatic carbocycles. The van der Waals surface area contributed by atoms with Gasteiger partial charge in [-0.2, -0.15) is 0 Å². The molecular weight excluding hydrogens is 414 g/mol. The molecule has 0 bridgehead atoms. The molecule has 3 aromatic rings. The number of carbonyl (C=O) groups excluding carboxylic acids is 2. The number of aromatic nitrogens is 1. The van der Waals surface area contributed by atoms with E-state index in [1.54, 1.807) is 30.5 Å². The molecular formula is C23H23N3O4S. The number of rotatable bonds is 5. The minimum absolute atomic E-state index is 0.129. The molecule has 2 N–H and O–H groups in total. The van der Waals surface area contributed by atoms with Gasteiger partial charge in [0.1, 0.15) is 4.88 Å². The molecule has 1 aliphatic rings. The van der Waals surface area contributed by atoms with Crippen LogP contribution >= 0.6 is 11.3 Å². The lowest BCUT2D eigenvalue weighted by molar-refractivity contribution is 0.0951. The van der Waals surface area contributed by atoms with Crippen molar-refractivity contribution in [2.75, 3.05) is 12.1 Å². The van der Waals surface area contributed by atoms with Gasteiger partial charge in [-0.1, -0.05) is 39.0 Å². The zero-order valence-corrected chi connectivity index (χ0v) is 18.3. The Morgan fingerprint density at radius 2 is 1.84 bits per heavy atom. The maximum atomic E-state index is 12.8. The van der Waals surface area contributed by atoms with Crippen LogP contribution in [0.4, 0.5) is 5.69 Å². The summed E-state index contributed by atoms with van der Waals surface area (Å²) in [7, 11) is 0. The lowest BCUT2D eigenvalue weighted by Gasteiger charge is -2.13. The Bertz CT molecular complexity index is 1130. The molecule has 2 aromatic carbocycles. The van der Waals surface area contributed by atoms with E-state index in [9.17, 15) is 9.59 Å². The Hall–Kier alpha value is -3.39. The van der Waals surface area contributed by atoms with Crippen LogP contribution in [0.25, 0.3) is 0 Å². The lowest BCUT2D eigenvalue weighted by atomic mass is 9.98. The summed E-state index contributed by atoms with van der Waals surface area (Å²) in [5, 5.41) is 6.61. The van der Waals surface area contributed by atoms with Gasteiger partial charge in [-0.3, -0.25) is 9.59 Å². The second-order valence-corrected chi connectivity index (χ2v) is 9.18. The van der Waals surface area contributed by atoms with Gasteiger partial charge >= 0.3 is 0 Å². The minimum atomic E-state index is -0.288. The monoisotopic (exact) mass is 437 g/mol. The molecule has 160 valence electrons. The third kappa shape index (κ3) is 4.69. The van der Waals surface area contributed by atoms with Gasteiger partial charge in [-0.05, 0) is 29.8 Å². The van der Waals surface area contributed by atoms with Crippen LogP contribution in [0.2, 0.25) is 0 Å². The van der Waals surface area contributed by atoms with E-state index in [0.29, 0.717) is 34.2 Å². The van der Waals surface area contributed by atoms with Gasteiger partial charge in [0.15, 0.2) is 11.5 Å². The van der Waals surface area contributed by atoms with Gasteiger partial charge in [0.2, 0.25) is 6.79 Å². The Morgan fingerprint density at radius 3 is 2.61 bits per heavy atom. The van der Waals surface area contributed by atoms with Crippen molar-refractivity contribution in [2.45, 2.75) is 32.7 Å². The van der Waals surface area contributed by atoms with Crippen molar-refractivity contribution < 1.29 is 19.1 Å². The number of fused-ring (bicyclic) bond motifs is 1. The fraction of sp³-hybridized carbons (Fsp3) is 0.261. The van der Waals surface area contributed by atoms with Crippen molar-refractivity contribution in [3.8, 4) is 11.5 Å². The van der Waals surface area contributed by atoms with E-state index in [1.165, 1.54) is 11.3 Å². The fourth-order valence-electron chi connectivity index (χ4n) is 3.03. The number of hydrogen-bond acceptors (Lipinski definition) is 6. The van der Waals surface area contributed by atoms with Crippen LogP contribution in [-0.4, -0.2) is 23.6 Å². The smallest absolute Gasteiger partial charge is 0.267 e. The number of carbonyl (C=O) groups is 2. The number of nitrogens with zero attached hydrogens (tertiary/aromatic N) is 1. The van der Waals surface area contributed by atoms with Crippen LogP contribution < -0.4 is 20.1 Å². The standard InChI is InChI=1S/C23H23N3O4S/c1-23(2,3)22-25-12-19(31-22)21(28)26-16-7-5-4-6-15(16)20(27)24-11-14-8-9-17-18(10-14)30-13-29-17/h4-10,12H,11,13H2,1-3H3,(H,24,27)(H,26,28). The van der Waals surface area contributed by atoms with Gasteiger partial charge in [0.05, 0.1) is 22.5 Å². The predicted molar refractivity (Wildman–Crippen MR) is 119 cm³/mol. The summed E-state index contributed by atoms with van der Waals surface area (Å²) in [5.41, 5.74) is 1.59. The quantitative estimate of drug-likeness (QED) is 0.619. The molecule has 0 spiro atoms. The summed E-state index contributed by atoms with van der Waals surface area (Å²) in [6.07, 6.45) is 1.57. The zero-order chi connectivity index (χ0) is 22.0. The number of anilines is 1. The molecule has 1 aromatic heterocycles. The van der Waals surface area contributed by atoms with E-state index in [0.717, 1.165) is 10.6 Å². The Balaban J connectivity index is 1.44. The SMILES string of the molecule is CC(C)(C)c1ncc(C(=O)Nc2ccccc2C(=O)NCc2ccc3c(c2)OCO3)s1. The molecule has 1 aliphatic heterocycles. The van der Waals surface area contributed by atoms with E-state index >= 15 is 0 Å². The average Bonchev–Trinajstić information content (AvgIpc) is 3.41. The van der Waals surface area contributed by atoms with Crippen molar-refractivity contribution in [2.24, 2.45) is 0 Å². The first-order valence-corrected chi connectivity index (χ1v) is 10.7. The predicted octanol–water partition coefficient (Wildman–Crippen LogP) is 4.35. The normalized spacial score (nSPS) is 12.5. The summed E-state index contributed by atoms with van der Waals surface area (Å²) in [4.78, 5) is 30.4. The molecule has 0 fully saturated rings. The van der Waals surface area contributed by atoms with Crippen LogP contribution in [0.1, 0.15) is 51.4 Å². The van der Waals surface area contributed by atoms with E-state index in [1.807, 2.05) is 39.0 Å². The summed E-state index contributed by atoms with van der Waals surface area (Å²) >= 11 is 1.35. The number of hydrogen-bond donors (Lipinski definition) is 2. The molecule has 31 heavy (non-hydrogen) atoms. The third-order valence-corrected chi connectivity index (χ3v) is 6.10. The molecule has 7 nitrogen and oxygen atoms in total. The van der Waals surface area contributed by atoms with Crippen molar-refractivity contribution >= 4 is 28.8 Å². The number of para-hydroxylation sites is 1. The van der Waals surface area contributed by atoms with Crippen LogP contribution in [-0.2, 0) is 12.0 Å². The molecule has 0 atom stereocenters. The van der Waals surface area contributed by atoms with E-state index in [-0.39, 0.29) is 24.0 Å². The minimum Gasteiger partial charge on any atom is -0.454 e. The largest absolute Gasteiger partial charge is 0.454 e. The fourth-order valence-corrected chi connectivity index (χ4v) is 3.90. The molecule has 0 unspecified atom stereocenters. The van der Waals surface area contributed by atoms with Crippen LogP contribution in [0.3, 0.4) is 0 Å². The zero-order valence-electron chi connectivity index (χ0n) is 17.5. The first kappa shape index (κ1) is 20.9. The Morgan fingerprint density at radius 1 is 1.06 bits per heavy atom. The van der Waals surface area contributed by atoms with Crippen molar-refractivity contribution in [1.82, 2.24) is 10.3 Å². The summed E-state index contributed by atoms with van der Waals surface area (Å²) in [5.74, 6) is 0.789. The highest BCUT2D eigenvalue weighted by Crippen LogP contribution is 2.32. The van der Waals surface area contributed by atoms with E-state index in [4.69, 9.17) is 9.47 Å². The summed E-state index contributed by atoms with van der Waals surface area (Å²) < 4.78 is 10.7. The molecule has 0 radical (unpaired) electrons.